The van der Waals surface area contributed by atoms with E-state index in [1.54, 1.807) is 26.8 Å². The highest BCUT2D eigenvalue weighted by Crippen LogP contribution is 2.35. The first-order chi connectivity index (χ1) is 13.5. The van der Waals surface area contributed by atoms with Gasteiger partial charge in [-0.1, -0.05) is 24.6 Å². The molecule has 29 heavy (non-hydrogen) atoms. The lowest BCUT2D eigenvalue weighted by Gasteiger charge is -2.29. The van der Waals surface area contributed by atoms with Crippen LogP contribution in [0.4, 0.5) is 0 Å². The quantitative estimate of drug-likeness (QED) is 0.408. The summed E-state index contributed by atoms with van der Waals surface area (Å²) < 4.78 is 15.4. The first-order valence-corrected chi connectivity index (χ1v) is 9.72. The van der Waals surface area contributed by atoms with E-state index in [0.29, 0.717) is 18.4 Å². The first kappa shape index (κ1) is 23.0. The lowest BCUT2D eigenvalue weighted by molar-refractivity contribution is -0.161. The van der Waals surface area contributed by atoms with E-state index in [2.05, 4.69) is 5.32 Å². The third-order valence-corrected chi connectivity index (χ3v) is 4.55. The van der Waals surface area contributed by atoms with E-state index in [-0.39, 0.29) is 28.7 Å². The standard InChI is InChI=1S/C19H25BClNO7/c1-5-6-14(23)22-13-9-11-7-8-12(21)15(16(11)29-20(13)26)17(24)27-10-28-18(25)19(2,3)4/h7-8,13,26H,5-6,9-10H2,1-4H3,(H,22,23)/t13-/m0/s1. The Morgan fingerprint density at radius 1 is 1.31 bits per heavy atom. The Balaban J connectivity index is 2.12. The van der Waals surface area contributed by atoms with Crippen LogP contribution in [0.3, 0.4) is 0 Å². The molecule has 1 aliphatic heterocycles. The van der Waals surface area contributed by atoms with Crippen LogP contribution in [0.25, 0.3) is 0 Å². The van der Waals surface area contributed by atoms with Gasteiger partial charge in [-0.25, -0.2) is 4.79 Å². The molecule has 0 aliphatic carbocycles. The van der Waals surface area contributed by atoms with Crippen molar-refractivity contribution in [2.45, 2.75) is 52.9 Å². The molecule has 10 heteroatoms. The zero-order valence-corrected chi connectivity index (χ0v) is 17.7. The molecule has 0 unspecified atom stereocenters. The maximum absolute atomic E-state index is 12.5. The van der Waals surface area contributed by atoms with Crippen molar-refractivity contribution < 1.29 is 33.5 Å². The number of rotatable bonds is 6. The molecular formula is C19H25BClNO7. The summed E-state index contributed by atoms with van der Waals surface area (Å²) >= 11 is 6.14. The molecule has 0 radical (unpaired) electrons. The fraction of sp³-hybridized carbons (Fsp3) is 0.526. The predicted molar refractivity (Wildman–Crippen MR) is 106 cm³/mol. The maximum Gasteiger partial charge on any atom is 0.547 e. The number of hydrogen-bond donors (Lipinski definition) is 2. The molecule has 1 amide bonds. The van der Waals surface area contributed by atoms with Gasteiger partial charge >= 0.3 is 19.1 Å². The summed E-state index contributed by atoms with van der Waals surface area (Å²) in [5, 5.41) is 13.0. The van der Waals surface area contributed by atoms with Gasteiger partial charge in [-0.3, -0.25) is 9.59 Å². The number of amides is 1. The lowest BCUT2D eigenvalue weighted by Crippen LogP contribution is -2.53. The Bertz CT molecular complexity index is 793. The van der Waals surface area contributed by atoms with E-state index in [1.165, 1.54) is 6.07 Å². The number of hydrogen-bond acceptors (Lipinski definition) is 7. The molecule has 158 valence electrons. The molecule has 0 aromatic heterocycles. The second-order valence-electron chi connectivity index (χ2n) is 7.78. The SMILES string of the molecule is CCCC(=O)N[C@H]1Cc2ccc(Cl)c(C(=O)OCOC(=O)C(C)(C)C)c2OB1O. The third-order valence-electron chi connectivity index (χ3n) is 4.23. The Labute approximate surface area is 175 Å². The molecule has 1 aromatic rings. The van der Waals surface area contributed by atoms with Gasteiger partial charge in [0, 0.05) is 6.42 Å². The Morgan fingerprint density at radius 3 is 2.62 bits per heavy atom. The number of benzene rings is 1. The van der Waals surface area contributed by atoms with Crippen LogP contribution in [0.2, 0.25) is 5.02 Å². The summed E-state index contributed by atoms with van der Waals surface area (Å²) in [5.41, 5.74) is -0.228. The van der Waals surface area contributed by atoms with Crippen molar-refractivity contribution in [3.05, 3.63) is 28.3 Å². The van der Waals surface area contributed by atoms with Crippen LogP contribution in [0.15, 0.2) is 12.1 Å². The molecule has 0 fully saturated rings. The predicted octanol–water partition coefficient (Wildman–Crippen LogP) is 2.28. The number of nitrogens with one attached hydrogen (secondary N) is 1. The number of halogens is 1. The van der Waals surface area contributed by atoms with Crippen molar-refractivity contribution in [2.24, 2.45) is 5.41 Å². The van der Waals surface area contributed by atoms with E-state index in [0.717, 1.165) is 0 Å². The van der Waals surface area contributed by atoms with E-state index < -0.39 is 37.2 Å². The molecule has 0 saturated heterocycles. The molecule has 1 aliphatic rings. The number of carbonyl (C=O) groups excluding carboxylic acids is 3. The van der Waals surface area contributed by atoms with Crippen LogP contribution >= 0.6 is 11.6 Å². The molecule has 2 N–H and O–H groups in total. The second-order valence-corrected chi connectivity index (χ2v) is 8.19. The minimum Gasteiger partial charge on any atom is -0.534 e. The van der Waals surface area contributed by atoms with Crippen LogP contribution in [-0.4, -0.2) is 42.7 Å². The van der Waals surface area contributed by atoms with Gasteiger partial charge in [-0.15, -0.1) is 0 Å². The summed E-state index contributed by atoms with van der Waals surface area (Å²) in [6, 6.07) is 3.16. The van der Waals surface area contributed by atoms with Gasteiger partial charge in [-0.05, 0) is 45.2 Å². The molecular weight excluding hydrogens is 400 g/mol. The highest BCUT2D eigenvalue weighted by Gasteiger charge is 2.38. The van der Waals surface area contributed by atoms with Gasteiger partial charge < -0.3 is 24.5 Å². The smallest absolute Gasteiger partial charge is 0.534 e. The van der Waals surface area contributed by atoms with E-state index >= 15 is 0 Å². The fourth-order valence-electron chi connectivity index (χ4n) is 2.68. The van der Waals surface area contributed by atoms with Crippen molar-refractivity contribution in [1.82, 2.24) is 5.32 Å². The van der Waals surface area contributed by atoms with Gasteiger partial charge in [0.2, 0.25) is 12.7 Å². The molecule has 0 bridgehead atoms. The van der Waals surface area contributed by atoms with E-state index in [1.807, 2.05) is 6.92 Å². The number of carbonyl (C=O) groups is 3. The van der Waals surface area contributed by atoms with Crippen molar-refractivity contribution in [3.63, 3.8) is 0 Å². The summed E-state index contributed by atoms with van der Waals surface area (Å²) in [6.07, 6.45) is 1.27. The lowest BCUT2D eigenvalue weighted by atomic mass is 9.72. The van der Waals surface area contributed by atoms with Crippen molar-refractivity contribution in [3.8, 4) is 5.75 Å². The van der Waals surface area contributed by atoms with E-state index in [4.69, 9.17) is 25.7 Å². The highest BCUT2D eigenvalue weighted by atomic mass is 35.5. The Hall–Kier alpha value is -2.26. The number of esters is 2. The van der Waals surface area contributed by atoms with Crippen LogP contribution in [-0.2, 0) is 25.5 Å². The second kappa shape index (κ2) is 9.50. The Kier molecular flexibility index (Phi) is 7.54. The van der Waals surface area contributed by atoms with Crippen LogP contribution in [0, 0.1) is 5.41 Å². The van der Waals surface area contributed by atoms with Crippen molar-refractivity contribution >= 4 is 36.6 Å². The molecule has 1 atom stereocenters. The van der Waals surface area contributed by atoms with Crippen LogP contribution in [0.1, 0.15) is 56.5 Å². The average Bonchev–Trinajstić information content (AvgIpc) is 2.61. The molecule has 0 saturated carbocycles. The monoisotopic (exact) mass is 425 g/mol. The number of ether oxygens (including phenoxy) is 2. The van der Waals surface area contributed by atoms with Crippen molar-refractivity contribution in [2.75, 3.05) is 6.79 Å². The first-order valence-electron chi connectivity index (χ1n) is 9.34. The third kappa shape index (κ3) is 5.87. The van der Waals surface area contributed by atoms with Crippen LogP contribution < -0.4 is 9.97 Å². The largest absolute Gasteiger partial charge is 0.547 e. The minimum absolute atomic E-state index is 0.0663. The fourth-order valence-corrected chi connectivity index (χ4v) is 2.91. The maximum atomic E-state index is 12.5. The summed E-state index contributed by atoms with van der Waals surface area (Å²) in [5.74, 6) is -2.15. The Morgan fingerprint density at radius 2 is 2.00 bits per heavy atom. The van der Waals surface area contributed by atoms with Gasteiger partial charge in [0.15, 0.2) is 0 Å². The molecule has 1 heterocycles. The van der Waals surface area contributed by atoms with Gasteiger partial charge in [0.25, 0.3) is 0 Å². The molecule has 1 aromatic carbocycles. The summed E-state index contributed by atoms with van der Waals surface area (Å²) in [6.45, 7) is 6.32. The molecule has 2 rings (SSSR count). The minimum atomic E-state index is -1.35. The van der Waals surface area contributed by atoms with Gasteiger partial charge in [0.05, 0.1) is 16.4 Å². The topological polar surface area (TPSA) is 111 Å². The zero-order valence-electron chi connectivity index (χ0n) is 16.9. The summed E-state index contributed by atoms with van der Waals surface area (Å²) in [7, 11) is -1.35. The normalized spacial score (nSPS) is 15.8. The average molecular weight is 426 g/mol. The molecule has 8 nitrogen and oxygen atoms in total. The number of fused-ring (bicyclic) bond motifs is 1. The zero-order chi connectivity index (χ0) is 21.8. The highest BCUT2D eigenvalue weighted by molar-refractivity contribution is 6.47. The van der Waals surface area contributed by atoms with Crippen LogP contribution in [0.5, 0.6) is 5.75 Å². The summed E-state index contributed by atoms with van der Waals surface area (Å²) in [4.78, 5) is 36.1. The van der Waals surface area contributed by atoms with Gasteiger partial charge in [0.1, 0.15) is 11.3 Å². The van der Waals surface area contributed by atoms with E-state index in [9.17, 15) is 19.4 Å². The van der Waals surface area contributed by atoms with Gasteiger partial charge in [-0.2, -0.15) is 0 Å². The molecule has 0 spiro atoms. The van der Waals surface area contributed by atoms with Crippen molar-refractivity contribution in [1.29, 1.82) is 0 Å².